The zero-order chi connectivity index (χ0) is 36.1. The second-order valence-corrected chi connectivity index (χ2v) is 12.8. The van der Waals surface area contributed by atoms with Crippen molar-refractivity contribution in [3.8, 4) is 17.2 Å². The van der Waals surface area contributed by atoms with E-state index in [4.69, 9.17) is 35.5 Å². The first-order valence-corrected chi connectivity index (χ1v) is 17.2. The third kappa shape index (κ3) is 7.59. The highest BCUT2D eigenvalue weighted by Crippen LogP contribution is 2.37. The molecule has 2 heterocycles. The molecule has 1 aliphatic heterocycles. The van der Waals surface area contributed by atoms with Crippen molar-refractivity contribution in [1.29, 1.82) is 0 Å². The van der Waals surface area contributed by atoms with E-state index >= 15 is 0 Å². The minimum absolute atomic E-state index is 0.168. The Hall–Kier alpha value is -5.65. The Morgan fingerprint density at radius 1 is 0.980 bits per heavy atom. The Morgan fingerprint density at radius 2 is 1.75 bits per heavy atom. The fraction of sp³-hybridized carbons (Fsp3) is 0.179. The van der Waals surface area contributed by atoms with Crippen molar-refractivity contribution in [2.75, 3.05) is 26.1 Å². The lowest BCUT2D eigenvalue weighted by atomic mass is 9.95. The van der Waals surface area contributed by atoms with Crippen molar-refractivity contribution in [2.45, 2.75) is 26.5 Å². The highest BCUT2D eigenvalue weighted by atomic mass is 35.5. The van der Waals surface area contributed by atoms with Gasteiger partial charge in [-0.1, -0.05) is 65.4 Å². The van der Waals surface area contributed by atoms with Crippen LogP contribution in [-0.2, 0) is 16.1 Å². The van der Waals surface area contributed by atoms with Gasteiger partial charge in [-0.05, 0) is 85.1 Å². The Bertz CT molecular complexity index is 2320. The van der Waals surface area contributed by atoms with Gasteiger partial charge in [-0.15, -0.1) is 0 Å². The molecular formula is C39H34ClN3O7S. The summed E-state index contributed by atoms with van der Waals surface area (Å²) >= 11 is 7.92. The molecule has 0 saturated carbocycles. The molecule has 260 valence electrons. The molecule has 0 bridgehead atoms. The number of ether oxygens (including phenoxy) is 4. The van der Waals surface area contributed by atoms with Gasteiger partial charge in [0.05, 0.1) is 53.3 Å². The number of carbonyl (C=O) groups is 2. The number of hydrogen-bond acceptors (Lipinski definition) is 9. The summed E-state index contributed by atoms with van der Waals surface area (Å²) in [5, 5.41) is 3.24. The molecule has 0 radical (unpaired) electrons. The first kappa shape index (κ1) is 35.2. The van der Waals surface area contributed by atoms with Gasteiger partial charge in [0.1, 0.15) is 12.4 Å². The number of nitrogens with one attached hydrogen (secondary N) is 1. The van der Waals surface area contributed by atoms with Crippen LogP contribution in [0.25, 0.3) is 6.08 Å². The van der Waals surface area contributed by atoms with Crippen LogP contribution in [0.5, 0.6) is 17.2 Å². The Kier molecular flexibility index (Phi) is 10.7. The summed E-state index contributed by atoms with van der Waals surface area (Å²) in [5.41, 5.74) is 3.67. The van der Waals surface area contributed by atoms with Gasteiger partial charge in [-0.25, -0.2) is 9.79 Å². The van der Waals surface area contributed by atoms with Gasteiger partial charge in [-0.2, -0.15) is 0 Å². The van der Waals surface area contributed by atoms with Gasteiger partial charge in [0.2, 0.25) is 0 Å². The number of allylic oxidation sites excluding steroid dienone is 1. The van der Waals surface area contributed by atoms with Gasteiger partial charge in [0, 0.05) is 5.69 Å². The van der Waals surface area contributed by atoms with Gasteiger partial charge < -0.3 is 24.3 Å². The second kappa shape index (κ2) is 15.5. The number of fused-ring (bicyclic) bond motifs is 1. The third-order valence-electron chi connectivity index (χ3n) is 8.11. The maximum absolute atomic E-state index is 14.2. The van der Waals surface area contributed by atoms with Crippen LogP contribution in [0.15, 0.2) is 112 Å². The number of rotatable bonds is 11. The zero-order valence-corrected chi connectivity index (χ0v) is 29.8. The van der Waals surface area contributed by atoms with Crippen molar-refractivity contribution in [3.05, 3.63) is 149 Å². The molecule has 0 unspecified atom stereocenters. The average Bonchev–Trinajstić information content (AvgIpc) is 3.44. The lowest BCUT2D eigenvalue weighted by Gasteiger charge is -2.25. The number of carbonyl (C=O) groups excluding carboxylic acids is 2. The number of para-hydroxylation sites is 1. The van der Waals surface area contributed by atoms with Crippen molar-refractivity contribution in [2.24, 2.45) is 4.99 Å². The van der Waals surface area contributed by atoms with E-state index in [1.54, 1.807) is 86.2 Å². The van der Waals surface area contributed by atoms with Crippen LogP contribution in [0.4, 0.5) is 5.69 Å². The van der Waals surface area contributed by atoms with E-state index in [-0.39, 0.29) is 23.1 Å². The molecule has 1 atom stereocenters. The minimum atomic E-state index is -0.775. The summed E-state index contributed by atoms with van der Waals surface area (Å²) in [6.07, 6.45) is 1.71. The van der Waals surface area contributed by atoms with E-state index < -0.39 is 12.0 Å². The van der Waals surface area contributed by atoms with Crippen LogP contribution in [0.2, 0.25) is 5.02 Å². The topological polar surface area (TPSA) is 117 Å². The number of benzene rings is 4. The molecule has 0 fully saturated rings. The molecule has 1 aliphatic rings. The van der Waals surface area contributed by atoms with E-state index in [0.29, 0.717) is 66.8 Å². The first-order valence-electron chi connectivity index (χ1n) is 16.0. The maximum atomic E-state index is 14.2. The normalized spacial score (nSPS) is 14.0. The average molecular weight is 724 g/mol. The van der Waals surface area contributed by atoms with Crippen molar-refractivity contribution in [1.82, 2.24) is 4.57 Å². The van der Waals surface area contributed by atoms with Gasteiger partial charge >= 0.3 is 5.97 Å². The smallest absolute Gasteiger partial charge is 0.338 e. The lowest BCUT2D eigenvalue weighted by Crippen LogP contribution is -2.40. The molecular weight excluding hydrogens is 690 g/mol. The molecule has 1 amide bonds. The predicted octanol–water partition coefficient (Wildman–Crippen LogP) is 6.30. The number of thiazole rings is 1. The quantitative estimate of drug-likeness (QED) is 0.159. The number of aromatic nitrogens is 1. The molecule has 10 nitrogen and oxygen atoms in total. The minimum Gasteiger partial charge on any atom is -0.497 e. The molecule has 5 aromatic rings. The Labute approximate surface area is 302 Å². The number of methoxy groups -OCH3 is 2. The molecule has 1 aromatic heterocycles. The fourth-order valence-corrected chi connectivity index (χ4v) is 7.00. The molecule has 6 rings (SSSR count). The zero-order valence-electron chi connectivity index (χ0n) is 28.3. The van der Waals surface area contributed by atoms with Crippen molar-refractivity contribution in [3.63, 3.8) is 0 Å². The number of anilines is 1. The Balaban J connectivity index is 1.35. The third-order valence-corrected chi connectivity index (χ3v) is 9.37. The number of nitrogens with zero attached hydrogens (tertiary/aromatic N) is 2. The summed E-state index contributed by atoms with van der Waals surface area (Å²) < 4.78 is 24.1. The maximum Gasteiger partial charge on any atom is 0.338 e. The monoisotopic (exact) mass is 723 g/mol. The number of esters is 1. The summed E-state index contributed by atoms with van der Waals surface area (Å²) in [7, 11) is 3.07. The van der Waals surface area contributed by atoms with Crippen LogP contribution in [0, 0.1) is 0 Å². The number of halogens is 1. The molecule has 1 N–H and O–H groups in total. The molecule has 0 saturated heterocycles. The molecule has 51 heavy (non-hydrogen) atoms. The standard InChI is InChI=1S/C39H34ClN3O7S/c1-5-49-38(46)26-16-14-24(15-17-26)22-50-35-30(40)18-25(19-31(35)48-4)20-32-37(45)43-34(27-10-9-13-29(21-27)47-3)33(23(2)41-39(43)51-32)36(44)42-28-11-7-6-8-12-28/h6-21,34H,5,22H2,1-4H3,(H,42,44)/b32-20-/t34-/m0/s1. The SMILES string of the molecule is CCOC(=O)c1ccc(COc2c(Cl)cc(/C=c3\sc4n(c3=O)[C@@H](c3cccc(OC)c3)C(C(=O)Nc3ccccc3)=C(C)N=4)cc2OC)cc1. The second-order valence-electron chi connectivity index (χ2n) is 11.4. The summed E-state index contributed by atoms with van der Waals surface area (Å²) in [6, 6.07) is 26.0. The number of hydrogen-bond donors (Lipinski definition) is 1. The van der Waals surface area contributed by atoms with Crippen molar-refractivity contribution >= 4 is 46.6 Å². The number of amides is 1. The van der Waals surface area contributed by atoms with E-state index in [9.17, 15) is 14.4 Å². The van der Waals surface area contributed by atoms with Gasteiger partial charge in [0.25, 0.3) is 11.5 Å². The first-order chi connectivity index (χ1) is 24.7. The molecule has 0 spiro atoms. The summed E-state index contributed by atoms with van der Waals surface area (Å²) in [4.78, 5) is 45.2. The van der Waals surface area contributed by atoms with Crippen molar-refractivity contribution < 1.29 is 28.5 Å². The van der Waals surface area contributed by atoms with E-state index in [1.165, 1.54) is 18.4 Å². The van der Waals surface area contributed by atoms with Gasteiger partial charge in [0.15, 0.2) is 16.3 Å². The van der Waals surface area contributed by atoms with Gasteiger partial charge in [-0.3, -0.25) is 14.2 Å². The lowest BCUT2D eigenvalue weighted by molar-refractivity contribution is -0.113. The van der Waals surface area contributed by atoms with Crippen LogP contribution in [0.3, 0.4) is 0 Å². The summed E-state index contributed by atoms with van der Waals surface area (Å²) in [6.45, 7) is 3.98. The van der Waals surface area contributed by atoms with Crippen LogP contribution >= 0.6 is 22.9 Å². The largest absolute Gasteiger partial charge is 0.497 e. The van der Waals surface area contributed by atoms with Crippen LogP contribution < -0.4 is 34.4 Å². The van der Waals surface area contributed by atoms with E-state index in [2.05, 4.69) is 5.32 Å². The molecule has 0 aliphatic carbocycles. The van der Waals surface area contributed by atoms with Crippen LogP contribution in [-0.4, -0.2) is 37.3 Å². The van der Waals surface area contributed by atoms with E-state index in [1.807, 2.05) is 36.4 Å². The summed E-state index contributed by atoms with van der Waals surface area (Å²) in [5.74, 6) is 0.527. The van der Waals surface area contributed by atoms with E-state index in [0.717, 1.165) is 5.56 Å². The highest BCUT2D eigenvalue weighted by molar-refractivity contribution is 7.07. The molecule has 12 heteroatoms. The fourth-order valence-electron chi connectivity index (χ4n) is 5.68. The van der Waals surface area contributed by atoms with Crippen LogP contribution in [0.1, 0.15) is 46.9 Å². The highest BCUT2D eigenvalue weighted by Gasteiger charge is 2.33. The predicted molar refractivity (Wildman–Crippen MR) is 197 cm³/mol. The molecule has 4 aromatic carbocycles. The Morgan fingerprint density at radius 3 is 2.45 bits per heavy atom.